The van der Waals surface area contributed by atoms with Gasteiger partial charge in [-0.1, -0.05) is 6.92 Å². The molecule has 1 saturated carbocycles. The Morgan fingerprint density at radius 3 is 2.33 bits per heavy atom. The van der Waals surface area contributed by atoms with Crippen LogP contribution in [0.2, 0.25) is 0 Å². The van der Waals surface area contributed by atoms with Gasteiger partial charge in [-0.15, -0.1) is 11.6 Å². The van der Waals surface area contributed by atoms with E-state index in [0.717, 1.165) is 25.1 Å². The average Bonchev–Trinajstić information content (AvgIpc) is 2.47. The number of rotatable bonds is 6. The molecule has 1 aromatic rings. The Labute approximate surface area is 133 Å². The van der Waals surface area contributed by atoms with E-state index in [1.807, 2.05) is 19.1 Å². The smallest absolute Gasteiger partial charge is 0.178 e. The first-order valence-corrected chi connectivity index (χ1v) is 9.81. The van der Waals surface area contributed by atoms with Gasteiger partial charge < -0.3 is 5.32 Å². The zero-order valence-electron chi connectivity index (χ0n) is 12.5. The number of halogens is 1. The monoisotopic (exact) mass is 329 g/mol. The van der Waals surface area contributed by atoms with E-state index in [9.17, 15) is 8.42 Å². The van der Waals surface area contributed by atoms with E-state index in [4.69, 9.17) is 11.6 Å². The first kappa shape index (κ1) is 16.6. The molecule has 0 saturated heterocycles. The average molecular weight is 330 g/mol. The molecule has 0 amide bonds. The second-order valence-corrected chi connectivity index (χ2v) is 8.57. The van der Waals surface area contributed by atoms with Gasteiger partial charge in [0.15, 0.2) is 9.84 Å². The van der Waals surface area contributed by atoms with Gasteiger partial charge in [-0.2, -0.15) is 0 Å². The highest BCUT2D eigenvalue weighted by molar-refractivity contribution is 7.91. The van der Waals surface area contributed by atoms with E-state index in [0.29, 0.717) is 22.6 Å². The second-order valence-electron chi connectivity index (χ2n) is 5.84. The van der Waals surface area contributed by atoms with Gasteiger partial charge in [0.1, 0.15) is 0 Å². The summed E-state index contributed by atoms with van der Waals surface area (Å²) in [4.78, 5) is 0.414. The molecule has 0 radical (unpaired) electrons. The van der Waals surface area contributed by atoms with E-state index < -0.39 is 9.84 Å². The van der Waals surface area contributed by atoms with Crippen molar-refractivity contribution in [1.82, 2.24) is 0 Å². The zero-order chi connectivity index (χ0) is 15.3. The summed E-state index contributed by atoms with van der Waals surface area (Å²) >= 11 is 6.11. The van der Waals surface area contributed by atoms with E-state index in [1.165, 1.54) is 12.8 Å². The molecule has 0 heterocycles. The third-order valence-electron chi connectivity index (χ3n) is 4.06. The molecule has 0 aromatic heterocycles. The van der Waals surface area contributed by atoms with Crippen LogP contribution in [0.15, 0.2) is 29.2 Å². The van der Waals surface area contributed by atoms with Crippen molar-refractivity contribution in [2.75, 3.05) is 17.6 Å². The Morgan fingerprint density at radius 2 is 1.76 bits per heavy atom. The van der Waals surface area contributed by atoms with Crippen molar-refractivity contribution < 1.29 is 8.42 Å². The minimum Gasteiger partial charge on any atom is -0.385 e. The molecule has 3 nitrogen and oxygen atoms in total. The lowest BCUT2D eigenvalue weighted by atomic mass is 9.89. The Balaban J connectivity index is 1.88. The minimum absolute atomic E-state index is 0.210. The maximum absolute atomic E-state index is 11.9. The van der Waals surface area contributed by atoms with Gasteiger partial charge >= 0.3 is 0 Å². The van der Waals surface area contributed by atoms with Crippen LogP contribution in [-0.4, -0.2) is 26.1 Å². The Kier molecular flexibility index (Phi) is 5.94. The molecule has 0 spiro atoms. The molecule has 5 heteroatoms. The summed E-state index contributed by atoms with van der Waals surface area (Å²) in [5.74, 6) is 0.880. The number of nitrogens with one attached hydrogen (secondary N) is 1. The summed E-state index contributed by atoms with van der Waals surface area (Å²) in [6.07, 6.45) is 5.18. The highest BCUT2D eigenvalue weighted by atomic mass is 35.5. The number of alkyl halides is 1. The van der Waals surface area contributed by atoms with Gasteiger partial charge in [0, 0.05) is 17.6 Å². The van der Waals surface area contributed by atoms with Crippen LogP contribution in [-0.2, 0) is 9.84 Å². The van der Waals surface area contributed by atoms with Crippen molar-refractivity contribution in [2.24, 2.45) is 5.92 Å². The summed E-state index contributed by atoms with van der Waals surface area (Å²) in [5, 5.41) is 3.75. The molecule has 0 aliphatic heterocycles. The van der Waals surface area contributed by atoms with E-state index in [2.05, 4.69) is 5.32 Å². The highest BCUT2D eigenvalue weighted by Crippen LogP contribution is 2.28. The Bertz CT molecular complexity index is 534. The lowest BCUT2D eigenvalue weighted by molar-refractivity contribution is 0.378. The van der Waals surface area contributed by atoms with E-state index >= 15 is 0 Å². The lowest BCUT2D eigenvalue weighted by Crippen LogP contribution is -2.21. The molecule has 1 aliphatic carbocycles. The van der Waals surface area contributed by atoms with Crippen molar-refractivity contribution in [3.8, 4) is 0 Å². The van der Waals surface area contributed by atoms with Crippen LogP contribution in [0.1, 0.15) is 39.0 Å². The molecule has 0 atom stereocenters. The molecule has 1 aromatic carbocycles. The van der Waals surface area contributed by atoms with Crippen molar-refractivity contribution in [1.29, 1.82) is 0 Å². The maximum atomic E-state index is 11.9. The Morgan fingerprint density at radius 1 is 1.14 bits per heavy atom. The minimum atomic E-state index is -3.11. The van der Waals surface area contributed by atoms with Crippen LogP contribution in [0.25, 0.3) is 0 Å². The molecule has 1 fully saturated rings. The molecule has 118 valence electrons. The van der Waals surface area contributed by atoms with Gasteiger partial charge in [-0.05, 0) is 62.3 Å². The molecular weight excluding hydrogens is 306 g/mol. The van der Waals surface area contributed by atoms with Gasteiger partial charge in [0.25, 0.3) is 0 Å². The normalized spacial score (nSPS) is 23.0. The van der Waals surface area contributed by atoms with Gasteiger partial charge in [0.2, 0.25) is 0 Å². The maximum Gasteiger partial charge on any atom is 0.178 e. The second kappa shape index (κ2) is 7.50. The van der Waals surface area contributed by atoms with Crippen LogP contribution in [0.4, 0.5) is 5.69 Å². The molecule has 0 unspecified atom stereocenters. The van der Waals surface area contributed by atoms with Crippen LogP contribution in [0, 0.1) is 5.92 Å². The molecule has 21 heavy (non-hydrogen) atoms. The first-order valence-electron chi connectivity index (χ1n) is 7.72. The van der Waals surface area contributed by atoms with Gasteiger partial charge in [-0.3, -0.25) is 0 Å². The van der Waals surface area contributed by atoms with E-state index in [1.54, 1.807) is 12.1 Å². The van der Waals surface area contributed by atoms with Gasteiger partial charge in [0.05, 0.1) is 10.6 Å². The molecule has 1 N–H and O–H groups in total. The van der Waals surface area contributed by atoms with Crippen LogP contribution in [0.5, 0.6) is 0 Å². The summed E-state index contributed by atoms with van der Waals surface area (Å²) in [5.41, 5.74) is 0.985. The SMILES string of the molecule is CCCS(=O)(=O)c1ccc(NCC2CCC(Cl)CC2)cc1. The topological polar surface area (TPSA) is 46.2 Å². The van der Waals surface area contributed by atoms with Crippen LogP contribution < -0.4 is 5.32 Å². The number of hydrogen-bond acceptors (Lipinski definition) is 3. The van der Waals surface area contributed by atoms with E-state index in [-0.39, 0.29) is 5.75 Å². The zero-order valence-corrected chi connectivity index (χ0v) is 14.1. The number of benzene rings is 1. The largest absolute Gasteiger partial charge is 0.385 e. The van der Waals surface area contributed by atoms with Crippen molar-refractivity contribution in [3.05, 3.63) is 24.3 Å². The van der Waals surface area contributed by atoms with Crippen molar-refractivity contribution in [2.45, 2.75) is 49.3 Å². The number of hydrogen-bond donors (Lipinski definition) is 1. The van der Waals surface area contributed by atoms with Crippen LogP contribution >= 0.6 is 11.6 Å². The molecule has 1 aliphatic rings. The summed E-state index contributed by atoms with van der Waals surface area (Å²) < 4.78 is 23.9. The number of anilines is 1. The summed E-state index contributed by atoms with van der Waals surface area (Å²) in [6, 6.07) is 7.11. The highest BCUT2D eigenvalue weighted by Gasteiger charge is 2.19. The fourth-order valence-corrected chi connectivity index (χ4v) is 4.33. The summed E-state index contributed by atoms with van der Waals surface area (Å²) in [7, 11) is -3.11. The lowest BCUT2D eigenvalue weighted by Gasteiger charge is -2.25. The van der Waals surface area contributed by atoms with Crippen LogP contribution in [0.3, 0.4) is 0 Å². The van der Waals surface area contributed by atoms with Gasteiger partial charge in [-0.25, -0.2) is 8.42 Å². The molecule has 0 bridgehead atoms. The fourth-order valence-electron chi connectivity index (χ4n) is 2.75. The third kappa shape index (κ3) is 4.89. The first-order chi connectivity index (χ1) is 10.0. The Hall–Kier alpha value is -0.740. The predicted molar refractivity (Wildman–Crippen MR) is 88.9 cm³/mol. The molecular formula is C16H24ClNO2S. The standard InChI is InChI=1S/C16H24ClNO2S/c1-2-11-21(19,20)16-9-7-15(8-10-16)18-12-13-3-5-14(17)6-4-13/h7-10,13-14,18H,2-6,11-12H2,1H3. The molecule has 2 rings (SSSR count). The summed E-state index contributed by atoms with van der Waals surface area (Å²) in [6.45, 7) is 2.81. The quantitative estimate of drug-likeness (QED) is 0.800. The number of sulfone groups is 1. The third-order valence-corrected chi connectivity index (χ3v) is 6.43. The van der Waals surface area contributed by atoms with Crippen molar-refractivity contribution >= 4 is 27.1 Å². The van der Waals surface area contributed by atoms with Crippen molar-refractivity contribution in [3.63, 3.8) is 0 Å². The predicted octanol–water partition coefficient (Wildman–Crippen LogP) is 4.08. The fraction of sp³-hybridized carbons (Fsp3) is 0.625.